The number of amides is 1. The molecule has 0 unspecified atom stereocenters. The topological polar surface area (TPSA) is 111 Å². The van der Waals surface area contributed by atoms with Gasteiger partial charge in [-0.1, -0.05) is 35.9 Å². The molecule has 1 aromatic heterocycles. The molecule has 0 spiro atoms. The van der Waals surface area contributed by atoms with Crippen LogP contribution in [0.2, 0.25) is 5.02 Å². The van der Waals surface area contributed by atoms with E-state index in [0.29, 0.717) is 39.6 Å². The van der Waals surface area contributed by atoms with Gasteiger partial charge < -0.3 is 14.6 Å². The summed E-state index contributed by atoms with van der Waals surface area (Å²) in [5.74, 6) is 0.259. The number of rotatable bonds is 9. The van der Waals surface area contributed by atoms with E-state index in [0.717, 1.165) is 4.90 Å². The van der Waals surface area contributed by atoms with Crippen molar-refractivity contribution in [1.82, 2.24) is 14.5 Å². The highest BCUT2D eigenvalue weighted by Gasteiger charge is 2.19. The van der Waals surface area contributed by atoms with E-state index in [2.05, 4.69) is 4.98 Å². The molecule has 0 aliphatic heterocycles. The van der Waals surface area contributed by atoms with Crippen molar-refractivity contribution in [3.63, 3.8) is 0 Å². The van der Waals surface area contributed by atoms with E-state index in [-0.39, 0.29) is 24.5 Å². The molecule has 0 fully saturated rings. The van der Waals surface area contributed by atoms with Gasteiger partial charge in [-0.2, -0.15) is 0 Å². The lowest BCUT2D eigenvalue weighted by Gasteiger charge is -2.20. The highest BCUT2D eigenvalue weighted by atomic mass is 35.5. The molecule has 4 rings (SSSR count). The molecule has 3 aromatic carbocycles. The number of hydrogen-bond acceptors (Lipinski definition) is 6. The Kier molecular flexibility index (Phi) is 8.05. The first-order valence-corrected chi connectivity index (χ1v) is 11.8. The lowest BCUT2D eigenvalue weighted by Crippen LogP contribution is -2.37. The quantitative estimate of drug-likeness (QED) is 0.344. The molecule has 190 valence electrons. The molecule has 0 saturated heterocycles. The lowest BCUT2D eigenvalue weighted by molar-refractivity contribution is -0.138. The van der Waals surface area contributed by atoms with Crippen LogP contribution in [0.1, 0.15) is 11.4 Å². The SMILES string of the molecule is Cc1nc2ccccc2c(=O)n1CCOc1ccc(CN(CC(=O)O)C(=O)Oc2ccc(Cl)cc2)cc1. The van der Waals surface area contributed by atoms with Crippen LogP contribution in [-0.4, -0.2) is 44.8 Å². The van der Waals surface area contributed by atoms with Crippen LogP contribution < -0.4 is 15.0 Å². The number of nitrogens with zero attached hydrogens (tertiary/aromatic N) is 3. The highest BCUT2D eigenvalue weighted by Crippen LogP contribution is 2.18. The number of hydrogen-bond donors (Lipinski definition) is 1. The van der Waals surface area contributed by atoms with E-state index in [1.54, 1.807) is 66.1 Å². The van der Waals surface area contributed by atoms with Crippen molar-refractivity contribution in [1.29, 1.82) is 0 Å². The van der Waals surface area contributed by atoms with E-state index in [4.69, 9.17) is 21.1 Å². The zero-order valence-electron chi connectivity index (χ0n) is 20.0. The zero-order chi connectivity index (χ0) is 26.4. The van der Waals surface area contributed by atoms with Crippen molar-refractivity contribution < 1.29 is 24.2 Å². The number of benzene rings is 3. The van der Waals surface area contributed by atoms with Gasteiger partial charge in [0, 0.05) is 11.6 Å². The summed E-state index contributed by atoms with van der Waals surface area (Å²) >= 11 is 5.84. The average molecular weight is 522 g/mol. The van der Waals surface area contributed by atoms with Gasteiger partial charge in [0.15, 0.2) is 0 Å². The molecule has 1 heterocycles. The Labute approximate surface area is 217 Å². The van der Waals surface area contributed by atoms with Gasteiger partial charge in [0.05, 0.1) is 17.4 Å². The fourth-order valence-electron chi connectivity index (χ4n) is 3.72. The molecule has 0 bridgehead atoms. The zero-order valence-corrected chi connectivity index (χ0v) is 20.7. The fraction of sp³-hybridized carbons (Fsp3) is 0.185. The van der Waals surface area contributed by atoms with E-state index in [9.17, 15) is 19.5 Å². The number of carbonyl (C=O) groups excluding carboxylic acids is 1. The second-order valence-corrected chi connectivity index (χ2v) is 8.63. The minimum absolute atomic E-state index is 0.0242. The standard InChI is InChI=1S/C27H24ClN3O6/c1-18-29-24-5-3-2-4-23(24)26(34)31(18)14-15-36-21-10-6-19(7-11-21)16-30(17-25(32)33)27(35)37-22-12-8-20(28)9-13-22/h2-13H,14-17H2,1H3,(H,32,33). The van der Waals surface area contributed by atoms with Gasteiger partial charge in [-0.15, -0.1) is 0 Å². The minimum Gasteiger partial charge on any atom is -0.492 e. The second-order valence-electron chi connectivity index (χ2n) is 8.20. The summed E-state index contributed by atoms with van der Waals surface area (Å²) in [5.41, 5.74) is 1.23. The van der Waals surface area contributed by atoms with Gasteiger partial charge in [-0.25, -0.2) is 9.78 Å². The van der Waals surface area contributed by atoms with E-state index >= 15 is 0 Å². The Balaban J connectivity index is 1.37. The molecule has 0 aliphatic carbocycles. The maximum Gasteiger partial charge on any atom is 0.416 e. The largest absolute Gasteiger partial charge is 0.492 e. The number of carboxylic acid groups (broad SMARTS) is 1. The number of aliphatic carboxylic acids is 1. The van der Waals surface area contributed by atoms with E-state index in [1.807, 2.05) is 6.07 Å². The summed E-state index contributed by atoms with van der Waals surface area (Å²) in [6, 6.07) is 20.3. The second kappa shape index (κ2) is 11.6. The first-order chi connectivity index (χ1) is 17.8. The van der Waals surface area contributed by atoms with Gasteiger partial charge in [-0.05, 0) is 61.0 Å². The van der Waals surface area contributed by atoms with E-state index < -0.39 is 18.6 Å². The third-order valence-corrected chi connectivity index (χ3v) is 5.79. The van der Waals surface area contributed by atoms with Crippen molar-refractivity contribution in [2.45, 2.75) is 20.0 Å². The summed E-state index contributed by atoms with van der Waals surface area (Å²) in [6.45, 7) is 1.85. The monoisotopic (exact) mass is 521 g/mol. The molecule has 4 aromatic rings. The van der Waals surface area contributed by atoms with Gasteiger partial charge >= 0.3 is 12.1 Å². The van der Waals surface area contributed by atoms with Crippen LogP contribution in [0.4, 0.5) is 4.79 Å². The van der Waals surface area contributed by atoms with Crippen LogP contribution in [0, 0.1) is 6.92 Å². The van der Waals surface area contributed by atoms with Crippen molar-refractivity contribution >= 4 is 34.6 Å². The molecular weight excluding hydrogens is 498 g/mol. The number of fused-ring (bicyclic) bond motifs is 1. The molecule has 1 N–H and O–H groups in total. The van der Waals surface area contributed by atoms with Gasteiger partial charge in [0.2, 0.25) is 0 Å². The molecule has 10 heteroatoms. The van der Waals surface area contributed by atoms with Crippen LogP contribution >= 0.6 is 11.6 Å². The smallest absolute Gasteiger partial charge is 0.416 e. The molecule has 37 heavy (non-hydrogen) atoms. The number of ether oxygens (including phenoxy) is 2. The van der Waals surface area contributed by atoms with Crippen molar-refractivity contribution in [2.24, 2.45) is 0 Å². The average Bonchev–Trinajstić information content (AvgIpc) is 2.87. The summed E-state index contributed by atoms with van der Waals surface area (Å²) in [6.07, 6.45) is -0.796. The first-order valence-electron chi connectivity index (χ1n) is 11.4. The molecule has 0 saturated carbocycles. The predicted octanol–water partition coefficient (Wildman–Crippen LogP) is 4.52. The Morgan fingerprint density at radius 2 is 1.68 bits per heavy atom. The third kappa shape index (κ3) is 6.65. The maximum absolute atomic E-state index is 12.8. The van der Waals surface area contributed by atoms with Crippen molar-refractivity contribution in [3.8, 4) is 11.5 Å². The fourth-order valence-corrected chi connectivity index (χ4v) is 3.85. The van der Waals surface area contributed by atoms with Crippen molar-refractivity contribution in [2.75, 3.05) is 13.2 Å². The summed E-state index contributed by atoms with van der Waals surface area (Å²) in [4.78, 5) is 42.2. The molecule has 0 atom stereocenters. The van der Waals surface area contributed by atoms with Crippen LogP contribution in [0.25, 0.3) is 10.9 Å². The number of carboxylic acids is 1. The minimum atomic E-state index is -1.17. The number of aromatic nitrogens is 2. The lowest BCUT2D eigenvalue weighted by atomic mass is 10.2. The summed E-state index contributed by atoms with van der Waals surface area (Å²) < 4.78 is 12.6. The van der Waals surface area contributed by atoms with Crippen LogP contribution in [0.5, 0.6) is 11.5 Å². The highest BCUT2D eigenvalue weighted by molar-refractivity contribution is 6.30. The van der Waals surface area contributed by atoms with Crippen LogP contribution in [-0.2, 0) is 17.9 Å². The molecule has 0 radical (unpaired) electrons. The molecular formula is C27H24ClN3O6. The predicted molar refractivity (Wildman–Crippen MR) is 138 cm³/mol. The third-order valence-electron chi connectivity index (χ3n) is 5.54. The maximum atomic E-state index is 12.8. The number of para-hydroxylation sites is 1. The van der Waals surface area contributed by atoms with Crippen LogP contribution in [0.15, 0.2) is 77.6 Å². The normalized spacial score (nSPS) is 10.8. The van der Waals surface area contributed by atoms with E-state index in [1.165, 1.54) is 12.1 Å². The van der Waals surface area contributed by atoms with Crippen LogP contribution in [0.3, 0.4) is 0 Å². The van der Waals surface area contributed by atoms with Gasteiger partial charge in [-0.3, -0.25) is 19.1 Å². The van der Waals surface area contributed by atoms with Crippen molar-refractivity contribution in [3.05, 3.63) is 99.6 Å². The Bertz CT molecular complexity index is 1470. The summed E-state index contributed by atoms with van der Waals surface area (Å²) in [7, 11) is 0. The Morgan fingerprint density at radius 3 is 2.38 bits per heavy atom. The van der Waals surface area contributed by atoms with Gasteiger partial charge in [0.25, 0.3) is 5.56 Å². The number of aryl methyl sites for hydroxylation is 1. The molecule has 1 amide bonds. The van der Waals surface area contributed by atoms with Gasteiger partial charge in [0.1, 0.15) is 30.5 Å². The Hall–Kier alpha value is -4.37. The Morgan fingerprint density at radius 1 is 1.00 bits per heavy atom. The first kappa shape index (κ1) is 25.7. The molecule has 0 aliphatic rings. The summed E-state index contributed by atoms with van der Waals surface area (Å²) in [5, 5.41) is 10.3. The number of halogens is 1. The molecule has 9 nitrogen and oxygen atoms in total. The number of carbonyl (C=O) groups is 2.